The Balaban J connectivity index is 1.24. The van der Waals surface area contributed by atoms with Gasteiger partial charge in [0.1, 0.15) is 12.4 Å². The van der Waals surface area contributed by atoms with Gasteiger partial charge in [-0.1, -0.05) is 47.0 Å². The maximum absolute atomic E-state index is 12.1. The molecule has 0 unspecified atom stereocenters. The van der Waals surface area contributed by atoms with Gasteiger partial charge >= 0.3 is 6.01 Å². The Bertz CT molecular complexity index is 1130. The van der Waals surface area contributed by atoms with Crippen molar-refractivity contribution < 1.29 is 13.9 Å². The largest absolute Gasteiger partial charge is 0.489 e. The van der Waals surface area contributed by atoms with Crippen LogP contribution in [0.25, 0.3) is 11.5 Å². The van der Waals surface area contributed by atoms with Crippen LogP contribution >= 0.6 is 11.6 Å². The number of aromatic nitrogens is 2. The van der Waals surface area contributed by atoms with Gasteiger partial charge in [-0.25, -0.2) is 0 Å². The average molecular weight is 435 g/mol. The number of amides is 1. The van der Waals surface area contributed by atoms with Crippen molar-refractivity contribution in [3.8, 4) is 17.2 Å². The maximum Gasteiger partial charge on any atom is 0.322 e. The highest BCUT2D eigenvalue weighted by atomic mass is 35.5. The van der Waals surface area contributed by atoms with Crippen LogP contribution in [0, 0.1) is 0 Å². The topological polar surface area (TPSA) is 89.3 Å². The summed E-state index contributed by atoms with van der Waals surface area (Å²) in [7, 11) is 0. The van der Waals surface area contributed by atoms with Crippen LogP contribution in [0.5, 0.6) is 5.75 Å². The molecule has 0 fully saturated rings. The first-order chi connectivity index (χ1) is 15.2. The first-order valence-electron chi connectivity index (χ1n) is 9.56. The van der Waals surface area contributed by atoms with Gasteiger partial charge in [-0.2, -0.15) is 0 Å². The third-order valence-electron chi connectivity index (χ3n) is 4.32. The van der Waals surface area contributed by atoms with E-state index in [4.69, 9.17) is 20.8 Å². The van der Waals surface area contributed by atoms with Gasteiger partial charge in [-0.3, -0.25) is 10.1 Å². The molecule has 0 saturated heterocycles. The SMILES string of the molecule is O=C(CNc1ccc(OCc2ccc(Cl)cc2)cc1)Nc1nnc(-c2ccccc2)o1. The van der Waals surface area contributed by atoms with Crippen LogP contribution in [0.3, 0.4) is 0 Å². The molecule has 0 spiro atoms. The van der Waals surface area contributed by atoms with E-state index in [1.54, 1.807) is 0 Å². The van der Waals surface area contributed by atoms with E-state index in [-0.39, 0.29) is 18.5 Å². The van der Waals surface area contributed by atoms with Crippen molar-refractivity contribution in [3.63, 3.8) is 0 Å². The summed E-state index contributed by atoms with van der Waals surface area (Å²) in [5.41, 5.74) is 2.59. The molecule has 0 atom stereocenters. The molecule has 1 heterocycles. The molecule has 2 N–H and O–H groups in total. The van der Waals surface area contributed by atoms with Crippen molar-refractivity contribution in [1.29, 1.82) is 0 Å². The van der Waals surface area contributed by atoms with Crippen molar-refractivity contribution >= 4 is 29.2 Å². The predicted octanol–water partition coefficient (Wildman–Crippen LogP) is 5.02. The zero-order chi connectivity index (χ0) is 21.5. The number of carbonyl (C=O) groups is 1. The molecule has 0 aliphatic carbocycles. The summed E-state index contributed by atoms with van der Waals surface area (Å²) in [6, 6.07) is 24.2. The number of rotatable bonds is 8. The van der Waals surface area contributed by atoms with Gasteiger partial charge in [0.15, 0.2) is 0 Å². The minimum Gasteiger partial charge on any atom is -0.489 e. The molecule has 0 aliphatic rings. The normalized spacial score (nSPS) is 10.5. The summed E-state index contributed by atoms with van der Waals surface area (Å²) in [6.07, 6.45) is 0. The molecular weight excluding hydrogens is 416 g/mol. The molecule has 0 aliphatic heterocycles. The van der Waals surface area contributed by atoms with Gasteiger partial charge in [0.2, 0.25) is 11.8 Å². The summed E-state index contributed by atoms with van der Waals surface area (Å²) in [4.78, 5) is 12.1. The lowest BCUT2D eigenvalue weighted by Crippen LogP contribution is -2.21. The minimum absolute atomic E-state index is 0.0496. The first kappa shape index (κ1) is 20.4. The Labute approximate surface area is 184 Å². The van der Waals surface area contributed by atoms with Crippen molar-refractivity contribution in [3.05, 3.63) is 89.4 Å². The van der Waals surface area contributed by atoms with Gasteiger partial charge in [0.05, 0.1) is 6.54 Å². The lowest BCUT2D eigenvalue weighted by molar-refractivity contribution is -0.114. The highest BCUT2D eigenvalue weighted by Crippen LogP contribution is 2.20. The number of benzene rings is 3. The maximum atomic E-state index is 12.1. The molecule has 31 heavy (non-hydrogen) atoms. The van der Waals surface area contributed by atoms with Crippen LogP contribution in [-0.4, -0.2) is 22.6 Å². The molecule has 1 aromatic heterocycles. The van der Waals surface area contributed by atoms with Crippen LogP contribution < -0.4 is 15.4 Å². The van der Waals surface area contributed by atoms with Crippen molar-refractivity contribution in [2.24, 2.45) is 0 Å². The number of nitrogens with one attached hydrogen (secondary N) is 2. The number of nitrogens with zero attached hydrogens (tertiary/aromatic N) is 2. The fourth-order valence-electron chi connectivity index (χ4n) is 2.73. The second-order valence-electron chi connectivity index (χ2n) is 6.62. The van der Waals surface area contributed by atoms with E-state index in [1.165, 1.54) is 0 Å². The Morgan fingerprint density at radius 1 is 0.935 bits per heavy atom. The molecule has 4 rings (SSSR count). The van der Waals surface area contributed by atoms with E-state index in [0.29, 0.717) is 17.5 Å². The number of carbonyl (C=O) groups excluding carboxylic acids is 1. The highest BCUT2D eigenvalue weighted by Gasteiger charge is 2.11. The van der Waals surface area contributed by atoms with E-state index < -0.39 is 0 Å². The Morgan fingerprint density at radius 2 is 1.68 bits per heavy atom. The average Bonchev–Trinajstić information content (AvgIpc) is 3.27. The zero-order valence-electron chi connectivity index (χ0n) is 16.4. The number of hydrogen-bond donors (Lipinski definition) is 2. The second kappa shape index (κ2) is 9.77. The number of hydrogen-bond acceptors (Lipinski definition) is 6. The van der Waals surface area contributed by atoms with Gasteiger partial charge < -0.3 is 14.5 Å². The zero-order valence-corrected chi connectivity index (χ0v) is 17.2. The van der Waals surface area contributed by atoms with Gasteiger partial charge in [0, 0.05) is 16.3 Å². The number of anilines is 2. The minimum atomic E-state index is -0.300. The van der Waals surface area contributed by atoms with Gasteiger partial charge in [-0.15, -0.1) is 5.10 Å². The molecule has 1 amide bonds. The Hall–Kier alpha value is -3.84. The fourth-order valence-corrected chi connectivity index (χ4v) is 2.86. The summed E-state index contributed by atoms with van der Waals surface area (Å²) in [5, 5.41) is 14.1. The van der Waals surface area contributed by atoms with Crippen molar-refractivity contribution in [2.45, 2.75) is 6.61 Å². The monoisotopic (exact) mass is 434 g/mol. The van der Waals surface area contributed by atoms with Gasteiger partial charge in [-0.05, 0) is 54.1 Å². The lowest BCUT2D eigenvalue weighted by atomic mass is 10.2. The molecule has 7 nitrogen and oxygen atoms in total. The molecular formula is C23H19ClN4O3. The molecule has 8 heteroatoms. The van der Waals surface area contributed by atoms with E-state index in [9.17, 15) is 4.79 Å². The van der Waals surface area contributed by atoms with Crippen LogP contribution in [0.2, 0.25) is 5.02 Å². The summed E-state index contributed by atoms with van der Waals surface area (Å²) in [5.74, 6) is 0.772. The third-order valence-corrected chi connectivity index (χ3v) is 4.57. The third kappa shape index (κ3) is 5.83. The highest BCUT2D eigenvalue weighted by molar-refractivity contribution is 6.30. The smallest absolute Gasteiger partial charge is 0.322 e. The second-order valence-corrected chi connectivity index (χ2v) is 7.06. The standard InChI is InChI=1S/C23H19ClN4O3/c24-18-8-6-16(7-9-18)15-30-20-12-10-19(11-13-20)25-14-21(29)26-23-28-27-22(31-23)17-4-2-1-3-5-17/h1-13,25H,14-15H2,(H,26,28,29). The first-order valence-corrected chi connectivity index (χ1v) is 9.93. The molecule has 0 saturated carbocycles. The molecule has 0 bridgehead atoms. The van der Waals surface area contributed by atoms with Crippen LogP contribution in [0.1, 0.15) is 5.56 Å². The molecule has 0 radical (unpaired) electrons. The summed E-state index contributed by atoms with van der Waals surface area (Å²) in [6.45, 7) is 0.496. The van der Waals surface area contributed by atoms with E-state index >= 15 is 0 Å². The van der Waals surface area contributed by atoms with E-state index in [0.717, 1.165) is 22.6 Å². The van der Waals surface area contributed by atoms with E-state index in [1.807, 2.05) is 78.9 Å². The Morgan fingerprint density at radius 3 is 2.42 bits per heavy atom. The van der Waals surface area contributed by atoms with Gasteiger partial charge in [0.25, 0.3) is 0 Å². The lowest BCUT2D eigenvalue weighted by Gasteiger charge is -2.09. The predicted molar refractivity (Wildman–Crippen MR) is 119 cm³/mol. The molecule has 3 aromatic carbocycles. The van der Waals surface area contributed by atoms with Crippen LogP contribution in [0.4, 0.5) is 11.7 Å². The summed E-state index contributed by atoms with van der Waals surface area (Å²) >= 11 is 5.88. The van der Waals surface area contributed by atoms with E-state index in [2.05, 4.69) is 20.8 Å². The summed E-state index contributed by atoms with van der Waals surface area (Å²) < 4.78 is 11.2. The number of ether oxygens (including phenoxy) is 1. The molecule has 4 aromatic rings. The number of halogens is 1. The van der Waals surface area contributed by atoms with Crippen molar-refractivity contribution in [2.75, 3.05) is 17.2 Å². The fraction of sp³-hybridized carbons (Fsp3) is 0.0870. The van der Waals surface area contributed by atoms with Crippen LogP contribution in [0.15, 0.2) is 83.3 Å². The molecule has 156 valence electrons. The quantitative estimate of drug-likeness (QED) is 0.404. The Kier molecular flexibility index (Phi) is 6.44. The van der Waals surface area contributed by atoms with Crippen molar-refractivity contribution in [1.82, 2.24) is 10.2 Å². The van der Waals surface area contributed by atoms with Crippen LogP contribution in [-0.2, 0) is 11.4 Å².